The molecule has 5 heteroatoms. The highest BCUT2D eigenvalue weighted by molar-refractivity contribution is 5.37. The largest absolute Gasteiger partial charge is 0.371 e. The number of rotatable bonds is 5. The van der Waals surface area contributed by atoms with Gasteiger partial charge in [0.05, 0.1) is 0 Å². The maximum atomic E-state index is 5.53. The average Bonchev–Trinajstić information content (AvgIpc) is 3.21. The third-order valence-electron chi connectivity index (χ3n) is 3.49. The predicted octanol–water partition coefficient (Wildman–Crippen LogP) is 1.91. The summed E-state index contributed by atoms with van der Waals surface area (Å²) < 4.78 is 5.53. The molecule has 2 rings (SSSR count). The van der Waals surface area contributed by atoms with E-state index >= 15 is 0 Å². The second-order valence-corrected chi connectivity index (χ2v) is 4.71. The number of hydrogen-bond acceptors (Lipinski definition) is 5. The van der Waals surface area contributed by atoms with Gasteiger partial charge in [0.15, 0.2) is 5.82 Å². The zero-order valence-corrected chi connectivity index (χ0v) is 10.7. The second-order valence-electron chi connectivity index (χ2n) is 4.71. The van der Waals surface area contributed by atoms with Crippen LogP contribution in [0.25, 0.3) is 0 Å². The highest BCUT2D eigenvalue weighted by atomic mass is 16.5. The fourth-order valence-corrected chi connectivity index (χ4v) is 1.76. The SMILES string of the molecule is CCC(C)(OC)c1nc(NN)cc(C2CC2)n1. The summed E-state index contributed by atoms with van der Waals surface area (Å²) >= 11 is 0. The van der Waals surface area contributed by atoms with E-state index in [-0.39, 0.29) is 0 Å². The number of nitrogens with one attached hydrogen (secondary N) is 1. The van der Waals surface area contributed by atoms with Crippen LogP contribution in [-0.4, -0.2) is 17.1 Å². The van der Waals surface area contributed by atoms with Gasteiger partial charge in [-0.3, -0.25) is 0 Å². The minimum Gasteiger partial charge on any atom is -0.371 e. The molecule has 17 heavy (non-hydrogen) atoms. The topological polar surface area (TPSA) is 73.1 Å². The molecule has 0 amide bonds. The number of aromatic nitrogens is 2. The Morgan fingerprint density at radius 2 is 2.24 bits per heavy atom. The van der Waals surface area contributed by atoms with E-state index in [1.54, 1.807) is 7.11 Å². The van der Waals surface area contributed by atoms with Crippen molar-refractivity contribution in [3.63, 3.8) is 0 Å². The van der Waals surface area contributed by atoms with Gasteiger partial charge in [-0.25, -0.2) is 15.8 Å². The maximum Gasteiger partial charge on any atom is 0.162 e. The average molecular weight is 236 g/mol. The normalized spacial score (nSPS) is 18.8. The molecule has 1 aromatic heterocycles. The number of ether oxygens (including phenoxy) is 1. The van der Waals surface area contributed by atoms with E-state index in [1.807, 2.05) is 13.0 Å². The minimum atomic E-state index is -0.448. The van der Waals surface area contributed by atoms with Gasteiger partial charge in [-0.1, -0.05) is 6.92 Å². The molecule has 0 spiro atoms. The monoisotopic (exact) mass is 236 g/mol. The Morgan fingerprint density at radius 1 is 1.53 bits per heavy atom. The van der Waals surface area contributed by atoms with Crippen LogP contribution >= 0.6 is 0 Å². The number of methoxy groups -OCH3 is 1. The molecule has 1 saturated carbocycles. The molecule has 1 atom stereocenters. The highest BCUT2D eigenvalue weighted by Gasteiger charge is 2.31. The highest BCUT2D eigenvalue weighted by Crippen LogP contribution is 2.40. The smallest absolute Gasteiger partial charge is 0.162 e. The number of nitrogens with zero attached hydrogens (tertiary/aromatic N) is 2. The maximum absolute atomic E-state index is 5.53. The van der Waals surface area contributed by atoms with E-state index in [0.29, 0.717) is 17.6 Å². The lowest BCUT2D eigenvalue weighted by molar-refractivity contribution is -0.00903. The van der Waals surface area contributed by atoms with E-state index in [4.69, 9.17) is 10.6 Å². The molecule has 1 heterocycles. The van der Waals surface area contributed by atoms with Gasteiger partial charge in [-0.15, -0.1) is 0 Å². The number of nitrogen functional groups attached to an aromatic ring is 1. The van der Waals surface area contributed by atoms with E-state index in [1.165, 1.54) is 12.8 Å². The number of hydrogen-bond donors (Lipinski definition) is 2. The standard InChI is InChI=1S/C12H20N4O/c1-4-12(2,17-3)11-14-9(8-5-6-8)7-10(15-11)16-13/h7-8H,4-6,13H2,1-3H3,(H,14,15,16). The van der Waals surface area contributed by atoms with Crippen LogP contribution in [0.5, 0.6) is 0 Å². The van der Waals surface area contributed by atoms with Crippen LogP contribution in [0, 0.1) is 0 Å². The van der Waals surface area contributed by atoms with Gasteiger partial charge in [-0.2, -0.15) is 0 Å². The molecule has 5 nitrogen and oxygen atoms in total. The predicted molar refractivity (Wildman–Crippen MR) is 66.5 cm³/mol. The summed E-state index contributed by atoms with van der Waals surface area (Å²) in [5.74, 6) is 7.39. The molecule has 1 unspecified atom stereocenters. The molecule has 1 fully saturated rings. The quantitative estimate of drug-likeness (QED) is 0.603. The van der Waals surface area contributed by atoms with Gasteiger partial charge < -0.3 is 10.2 Å². The summed E-state index contributed by atoms with van der Waals surface area (Å²) in [5, 5.41) is 0. The first-order chi connectivity index (χ1) is 8.12. The van der Waals surface area contributed by atoms with E-state index < -0.39 is 5.60 Å². The Labute approximate surface area is 102 Å². The molecule has 1 aromatic rings. The first-order valence-corrected chi connectivity index (χ1v) is 6.04. The van der Waals surface area contributed by atoms with E-state index in [9.17, 15) is 0 Å². The molecule has 0 radical (unpaired) electrons. The lowest BCUT2D eigenvalue weighted by Gasteiger charge is -2.25. The van der Waals surface area contributed by atoms with Crippen LogP contribution in [0.2, 0.25) is 0 Å². The van der Waals surface area contributed by atoms with E-state index in [2.05, 4.69) is 22.3 Å². The molecule has 0 bridgehead atoms. The van der Waals surface area contributed by atoms with Crippen molar-refractivity contribution in [3.8, 4) is 0 Å². The second kappa shape index (κ2) is 4.58. The summed E-state index contributed by atoms with van der Waals surface area (Å²) in [7, 11) is 1.69. The van der Waals surface area contributed by atoms with Crippen LogP contribution in [0.15, 0.2) is 6.07 Å². The lowest BCUT2D eigenvalue weighted by Crippen LogP contribution is -2.27. The van der Waals surface area contributed by atoms with Crippen molar-refractivity contribution in [1.82, 2.24) is 9.97 Å². The number of anilines is 1. The summed E-state index contributed by atoms with van der Waals surface area (Å²) in [5.41, 5.74) is 3.23. The number of nitrogens with two attached hydrogens (primary N) is 1. The van der Waals surface area contributed by atoms with Crippen LogP contribution in [0.1, 0.15) is 50.5 Å². The van der Waals surface area contributed by atoms with Crippen molar-refractivity contribution >= 4 is 5.82 Å². The zero-order valence-electron chi connectivity index (χ0n) is 10.7. The minimum absolute atomic E-state index is 0.448. The van der Waals surface area contributed by atoms with E-state index in [0.717, 1.165) is 12.1 Å². The fraction of sp³-hybridized carbons (Fsp3) is 0.667. The Kier molecular flexibility index (Phi) is 3.31. The van der Waals surface area contributed by atoms with Crippen molar-refractivity contribution in [2.24, 2.45) is 5.84 Å². The van der Waals surface area contributed by atoms with Crippen molar-refractivity contribution < 1.29 is 4.74 Å². The molecule has 1 aliphatic rings. The molecule has 3 N–H and O–H groups in total. The van der Waals surface area contributed by atoms with Gasteiger partial charge in [0.1, 0.15) is 11.4 Å². The van der Waals surface area contributed by atoms with Gasteiger partial charge in [0.25, 0.3) is 0 Å². The van der Waals surface area contributed by atoms with Gasteiger partial charge in [0.2, 0.25) is 0 Å². The lowest BCUT2D eigenvalue weighted by atomic mass is 10.0. The Hall–Kier alpha value is -1.20. The van der Waals surface area contributed by atoms with Crippen LogP contribution in [0.3, 0.4) is 0 Å². The Bertz CT molecular complexity index is 399. The van der Waals surface area contributed by atoms with Crippen molar-refractivity contribution in [2.75, 3.05) is 12.5 Å². The van der Waals surface area contributed by atoms with Crippen molar-refractivity contribution in [2.45, 2.75) is 44.6 Å². The number of hydrazine groups is 1. The van der Waals surface area contributed by atoms with Crippen molar-refractivity contribution in [1.29, 1.82) is 0 Å². The van der Waals surface area contributed by atoms with Gasteiger partial charge >= 0.3 is 0 Å². The summed E-state index contributed by atoms with van der Waals surface area (Å²) in [4.78, 5) is 9.03. The van der Waals surface area contributed by atoms with Crippen molar-refractivity contribution in [3.05, 3.63) is 17.6 Å². The molecule has 0 aliphatic heterocycles. The van der Waals surface area contributed by atoms with Gasteiger partial charge in [0, 0.05) is 24.8 Å². The summed E-state index contributed by atoms with van der Waals surface area (Å²) in [6, 6.07) is 1.92. The molecule has 1 aliphatic carbocycles. The molecule has 94 valence electrons. The third-order valence-corrected chi connectivity index (χ3v) is 3.49. The fourth-order valence-electron chi connectivity index (χ4n) is 1.76. The Balaban J connectivity index is 2.41. The van der Waals surface area contributed by atoms with Crippen LogP contribution in [0.4, 0.5) is 5.82 Å². The zero-order chi connectivity index (χ0) is 12.5. The Morgan fingerprint density at radius 3 is 2.71 bits per heavy atom. The molecule has 0 aromatic carbocycles. The van der Waals surface area contributed by atoms with Crippen LogP contribution in [-0.2, 0) is 10.3 Å². The van der Waals surface area contributed by atoms with Gasteiger partial charge in [-0.05, 0) is 26.2 Å². The van der Waals surface area contributed by atoms with Crippen LogP contribution < -0.4 is 11.3 Å². The molecular formula is C12H20N4O. The summed E-state index contributed by atoms with van der Waals surface area (Å²) in [6.07, 6.45) is 3.23. The first kappa shape index (κ1) is 12.3. The third kappa shape index (κ3) is 2.40. The first-order valence-electron chi connectivity index (χ1n) is 6.04. The molecular weight excluding hydrogens is 216 g/mol. The molecule has 0 saturated heterocycles. The summed E-state index contributed by atoms with van der Waals surface area (Å²) in [6.45, 7) is 4.06.